The van der Waals surface area contributed by atoms with Crippen LogP contribution in [0.5, 0.6) is 0 Å². The predicted octanol–water partition coefficient (Wildman–Crippen LogP) is 2.60. The third-order valence-corrected chi connectivity index (χ3v) is 4.56. The summed E-state index contributed by atoms with van der Waals surface area (Å²) in [6.45, 7) is 7.97. The number of hydrogen-bond donors (Lipinski definition) is 2. The van der Waals surface area contributed by atoms with Gasteiger partial charge in [-0.05, 0) is 45.1 Å². The van der Waals surface area contributed by atoms with Gasteiger partial charge in [0.2, 0.25) is 0 Å². The fourth-order valence-electron chi connectivity index (χ4n) is 2.44. The first-order valence-corrected chi connectivity index (χ1v) is 8.59. The number of carbonyl (C=O) groups excluding carboxylic acids is 1. The van der Waals surface area contributed by atoms with Gasteiger partial charge in [-0.1, -0.05) is 6.07 Å². The molecule has 0 unspecified atom stereocenters. The normalized spacial score (nSPS) is 18.3. The number of ether oxygens (including phenoxy) is 1. The molecule has 6 heteroatoms. The third kappa shape index (κ3) is 5.26. The molecule has 0 atom stereocenters. The number of amides is 1. The molecule has 1 aromatic heterocycles. The Morgan fingerprint density at radius 3 is 2.68 bits per heavy atom. The summed E-state index contributed by atoms with van der Waals surface area (Å²) in [7, 11) is 0. The van der Waals surface area contributed by atoms with Crippen LogP contribution >= 0.6 is 11.3 Å². The molecule has 1 saturated heterocycles. The Morgan fingerprint density at radius 1 is 1.45 bits per heavy atom. The molecule has 2 rings (SSSR count). The molecule has 1 amide bonds. The molecule has 1 fully saturated rings. The maximum absolute atomic E-state index is 12.0. The number of hydrogen-bond acceptors (Lipinski definition) is 5. The summed E-state index contributed by atoms with van der Waals surface area (Å²) in [6.07, 6.45) is 0.856. The van der Waals surface area contributed by atoms with Crippen LogP contribution in [0.2, 0.25) is 0 Å². The summed E-state index contributed by atoms with van der Waals surface area (Å²) < 4.78 is 5.37. The highest BCUT2D eigenvalue weighted by atomic mass is 32.1. The molecule has 1 aliphatic rings. The largest absolute Gasteiger partial charge is 0.444 e. The van der Waals surface area contributed by atoms with Gasteiger partial charge in [0, 0.05) is 31.1 Å². The Bertz CT molecular complexity index is 474. The van der Waals surface area contributed by atoms with Gasteiger partial charge in [-0.2, -0.15) is 0 Å². The summed E-state index contributed by atoms with van der Waals surface area (Å²) in [5.74, 6) is 0. The summed E-state index contributed by atoms with van der Waals surface area (Å²) in [5.41, 5.74) is -1.22. The van der Waals surface area contributed by atoms with Crippen LogP contribution in [0, 0.1) is 0 Å². The van der Waals surface area contributed by atoms with Crippen LogP contribution < -0.4 is 5.32 Å². The molecule has 0 bridgehead atoms. The molecule has 1 aliphatic heterocycles. The summed E-state index contributed by atoms with van der Waals surface area (Å²) in [4.78, 5) is 14.9. The SMILES string of the molecule is CC(C)(C)OC(=O)N1CCC(O)(CNCc2cccs2)CC1. The van der Waals surface area contributed by atoms with Crippen molar-refractivity contribution < 1.29 is 14.6 Å². The number of rotatable bonds is 4. The zero-order chi connectivity index (χ0) is 16.2. The first-order chi connectivity index (χ1) is 10.3. The average molecular weight is 326 g/mol. The number of carbonyl (C=O) groups is 1. The Labute approximate surface area is 136 Å². The second kappa shape index (κ2) is 6.98. The van der Waals surface area contributed by atoms with Gasteiger partial charge < -0.3 is 20.1 Å². The molecule has 0 spiro atoms. The van der Waals surface area contributed by atoms with Gasteiger partial charge in [-0.25, -0.2) is 4.79 Å². The van der Waals surface area contributed by atoms with E-state index in [0.29, 0.717) is 32.5 Å². The maximum Gasteiger partial charge on any atom is 0.410 e. The second-order valence-electron chi connectivity index (χ2n) is 6.87. The van der Waals surface area contributed by atoms with E-state index in [1.165, 1.54) is 4.88 Å². The van der Waals surface area contributed by atoms with E-state index in [4.69, 9.17) is 4.74 Å². The van der Waals surface area contributed by atoms with Gasteiger partial charge in [-0.15, -0.1) is 11.3 Å². The molecular formula is C16H26N2O3S. The quantitative estimate of drug-likeness (QED) is 0.893. The minimum Gasteiger partial charge on any atom is -0.444 e. The monoisotopic (exact) mass is 326 g/mol. The fourth-order valence-corrected chi connectivity index (χ4v) is 3.11. The smallest absolute Gasteiger partial charge is 0.410 e. The van der Waals surface area contributed by atoms with Crippen LogP contribution in [0.1, 0.15) is 38.5 Å². The number of piperidine rings is 1. The third-order valence-electron chi connectivity index (χ3n) is 3.68. The second-order valence-corrected chi connectivity index (χ2v) is 7.91. The van der Waals surface area contributed by atoms with Crippen molar-refractivity contribution in [3.63, 3.8) is 0 Å². The lowest BCUT2D eigenvalue weighted by atomic mass is 9.91. The van der Waals surface area contributed by atoms with Crippen LogP contribution in [-0.2, 0) is 11.3 Å². The number of thiophene rings is 1. The lowest BCUT2D eigenvalue weighted by Crippen LogP contribution is -2.51. The van der Waals surface area contributed by atoms with E-state index in [1.807, 2.05) is 32.2 Å². The van der Waals surface area contributed by atoms with Crippen molar-refractivity contribution in [1.82, 2.24) is 10.2 Å². The molecule has 1 aromatic rings. The topological polar surface area (TPSA) is 61.8 Å². The number of nitrogens with zero attached hydrogens (tertiary/aromatic N) is 1. The highest BCUT2D eigenvalue weighted by Crippen LogP contribution is 2.23. The van der Waals surface area contributed by atoms with Gasteiger partial charge in [0.15, 0.2) is 0 Å². The molecule has 0 saturated carbocycles. The fraction of sp³-hybridized carbons (Fsp3) is 0.688. The van der Waals surface area contributed by atoms with Crippen LogP contribution in [-0.4, -0.2) is 46.9 Å². The van der Waals surface area contributed by atoms with Gasteiger partial charge in [0.25, 0.3) is 0 Å². The van der Waals surface area contributed by atoms with Crippen molar-refractivity contribution in [1.29, 1.82) is 0 Å². The molecule has 124 valence electrons. The Morgan fingerprint density at radius 2 is 2.14 bits per heavy atom. The molecule has 5 nitrogen and oxygen atoms in total. The highest BCUT2D eigenvalue weighted by molar-refractivity contribution is 7.09. The molecule has 0 aliphatic carbocycles. The summed E-state index contributed by atoms with van der Waals surface area (Å²) in [6, 6.07) is 4.10. The maximum atomic E-state index is 12.0. The van der Waals surface area contributed by atoms with E-state index in [-0.39, 0.29) is 6.09 Å². The highest BCUT2D eigenvalue weighted by Gasteiger charge is 2.35. The molecule has 2 heterocycles. The van der Waals surface area contributed by atoms with Gasteiger partial charge in [-0.3, -0.25) is 0 Å². The van der Waals surface area contributed by atoms with E-state index in [1.54, 1.807) is 16.2 Å². The molecule has 0 radical (unpaired) electrons. The Balaban J connectivity index is 1.74. The minimum absolute atomic E-state index is 0.291. The molecule has 2 N–H and O–H groups in total. The van der Waals surface area contributed by atoms with E-state index >= 15 is 0 Å². The van der Waals surface area contributed by atoms with Crippen LogP contribution in [0.4, 0.5) is 4.79 Å². The van der Waals surface area contributed by atoms with Crippen molar-refractivity contribution in [2.45, 2.75) is 51.4 Å². The summed E-state index contributed by atoms with van der Waals surface area (Å²) in [5, 5.41) is 15.9. The average Bonchev–Trinajstić information content (AvgIpc) is 2.90. The van der Waals surface area contributed by atoms with Crippen molar-refractivity contribution in [2.24, 2.45) is 0 Å². The Kier molecular flexibility index (Phi) is 5.47. The summed E-state index contributed by atoms with van der Waals surface area (Å²) >= 11 is 1.70. The van der Waals surface area contributed by atoms with E-state index in [9.17, 15) is 9.90 Å². The van der Waals surface area contributed by atoms with E-state index < -0.39 is 11.2 Å². The van der Waals surface area contributed by atoms with Crippen molar-refractivity contribution in [3.8, 4) is 0 Å². The molecule has 22 heavy (non-hydrogen) atoms. The Hall–Kier alpha value is -1.11. The van der Waals surface area contributed by atoms with Gasteiger partial charge in [0.05, 0.1) is 5.60 Å². The standard InChI is InChI=1S/C16H26N2O3S/c1-15(2,3)21-14(19)18-8-6-16(20,7-9-18)12-17-11-13-5-4-10-22-13/h4-5,10,17,20H,6-9,11-12H2,1-3H3. The number of aliphatic hydroxyl groups is 1. The molecule has 0 aromatic carbocycles. The van der Waals surface area contributed by atoms with E-state index in [0.717, 1.165) is 6.54 Å². The first-order valence-electron chi connectivity index (χ1n) is 7.71. The van der Waals surface area contributed by atoms with Gasteiger partial charge in [0.1, 0.15) is 5.60 Å². The van der Waals surface area contributed by atoms with Crippen molar-refractivity contribution in [3.05, 3.63) is 22.4 Å². The van der Waals surface area contributed by atoms with Crippen molar-refractivity contribution in [2.75, 3.05) is 19.6 Å². The van der Waals surface area contributed by atoms with Crippen LogP contribution in [0.3, 0.4) is 0 Å². The number of nitrogens with one attached hydrogen (secondary N) is 1. The lowest BCUT2D eigenvalue weighted by Gasteiger charge is -2.38. The van der Waals surface area contributed by atoms with Crippen LogP contribution in [0.15, 0.2) is 17.5 Å². The zero-order valence-corrected chi connectivity index (χ0v) is 14.4. The predicted molar refractivity (Wildman–Crippen MR) is 88.0 cm³/mol. The van der Waals surface area contributed by atoms with Crippen molar-refractivity contribution >= 4 is 17.4 Å². The number of likely N-dealkylation sites (tertiary alicyclic amines) is 1. The van der Waals surface area contributed by atoms with E-state index in [2.05, 4.69) is 11.4 Å². The molecular weight excluding hydrogens is 300 g/mol. The lowest BCUT2D eigenvalue weighted by molar-refractivity contribution is -0.0310. The van der Waals surface area contributed by atoms with Gasteiger partial charge >= 0.3 is 6.09 Å². The minimum atomic E-state index is -0.740. The first kappa shape index (κ1) is 17.2. The zero-order valence-electron chi connectivity index (χ0n) is 13.6. The van der Waals surface area contributed by atoms with Crippen LogP contribution in [0.25, 0.3) is 0 Å².